The summed E-state index contributed by atoms with van der Waals surface area (Å²) >= 11 is 0. The summed E-state index contributed by atoms with van der Waals surface area (Å²) in [7, 11) is 1.70. The summed E-state index contributed by atoms with van der Waals surface area (Å²) in [6.07, 6.45) is 0.446. The first-order chi connectivity index (χ1) is 12.3. The average molecular weight is 335 g/mol. The molecular weight excluding hydrogens is 314 g/mol. The van der Waals surface area contributed by atoms with Crippen molar-refractivity contribution < 1.29 is 9.53 Å². The van der Waals surface area contributed by atoms with Gasteiger partial charge in [-0.25, -0.2) is 4.99 Å². The predicted octanol–water partition coefficient (Wildman–Crippen LogP) is 2.67. The van der Waals surface area contributed by atoms with E-state index < -0.39 is 0 Å². The zero-order chi connectivity index (χ0) is 17.2. The Morgan fingerprint density at radius 3 is 2.40 bits per heavy atom. The Labute approximate surface area is 147 Å². The monoisotopic (exact) mass is 335 g/mol. The van der Waals surface area contributed by atoms with Crippen LogP contribution in [0.1, 0.15) is 5.56 Å². The molecule has 128 valence electrons. The van der Waals surface area contributed by atoms with Gasteiger partial charge in [-0.2, -0.15) is 0 Å². The lowest BCUT2D eigenvalue weighted by atomic mass is 10.0. The molecular formula is C20H21N3O2. The van der Waals surface area contributed by atoms with E-state index in [9.17, 15) is 4.79 Å². The number of Topliss-reactive ketones (excluding diaryl/α,β-unsaturated/α-hetero) is 1. The third kappa shape index (κ3) is 2.97. The van der Waals surface area contributed by atoms with Gasteiger partial charge in [0.05, 0.1) is 18.5 Å². The first-order valence-corrected chi connectivity index (χ1v) is 8.59. The standard InChI is InChI=1S/C20H21N3O2/c1-25-19-9-5-4-8-17(19)22-10-12-23(13-11-22)20-18(24)14-15-6-2-3-7-16(15)21-20/h2-9H,10-14H2,1H3. The summed E-state index contributed by atoms with van der Waals surface area (Å²) in [6, 6.07) is 15.9. The fourth-order valence-electron chi connectivity index (χ4n) is 3.50. The number of ether oxygens (including phenoxy) is 1. The van der Waals surface area contributed by atoms with Crippen LogP contribution in [0.2, 0.25) is 0 Å². The molecule has 0 saturated carbocycles. The van der Waals surface area contributed by atoms with Crippen molar-refractivity contribution in [2.75, 3.05) is 38.2 Å². The molecule has 0 amide bonds. The third-order valence-electron chi connectivity index (χ3n) is 4.82. The normalized spacial score (nSPS) is 17.2. The van der Waals surface area contributed by atoms with Crippen LogP contribution < -0.4 is 9.64 Å². The molecule has 0 atom stereocenters. The minimum absolute atomic E-state index is 0.115. The van der Waals surface area contributed by atoms with Gasteiger partial charge in [0.2, 0.25) is 5.78 Å². The number of methoxy groups -OCH3 is 1. The van der Waals surface area contributed by atoms with E-state index in [4.69, 9.17) is 4.74 Å². The van der Waals surface area contributed by atoms with Crippen LogP contribution in [0, 0.1) is 0 Å². The molecule has 25 heavy (non-hydrogen) atoms. The lowest BCUT2D eigenvalue weighted by molar-refractivity contribution is -0.113. The Hall–Kier alpha value is -2.82. The molecule has 2 aliphatic heterocycles. The largest absolute Gasteiger partial charge is 0.495 e. The van der Waals surface area contributed by atoms with Crippen LogP contribution in [-0.4, -0.2) is 49.8 Å². The second kappa shape index (κ2) is 6.59. The molecule has 2 aliphatic rings. The van der Waals surface area contributed by atoms with E-state index in [-0.39, 0.29) is 5.78 Å². The molecule has 5 nitrogen and oxygen atoms in total. The third-order valence-corrected chi connectivity index (χ3v) is 4.82. The van der Waals surface area contributed by atoms with E-state index in [1.807, 2.05) is 42.5 Å². The van der Waals surface area contributed by atoms with E-state index in [1.165, 1.54) is 0 Å². The topological polar surface area (TPSA) is 45.1 Å². The highest BCUT2D eigenvalue weighted by Gasteiger charge is 2.28. The number of para-hydroxylation sites is 3. The SMILES string of the molecule is COc1ccccc1N1CCN(C2=Nc3ccccc3CC2=O)CC1. The summed E-state index contributed by atoms with van der Waals surface area (Å²) in [5, 5.41) is 0. The van der Waals surface area contributed by atoms with Gasteiger partial charge in [0.15, 0.2) is 5.84 Å². The fourth-order valence-corrected chi connectivity index (χ4v) is 3.50. The molecule has 0 N–H and O–H groups in total. The molecule has 2 aromatic carbocycles. The van der Waals surface area contributed by atoms with Crippen LogP contribution in [0.4, 0.5) is 11.4 Å². The molecule has 0 spiro atoms. The van der Waals surface area contributed by atoms with Gasteiger partial charge < -0.3 is 14.5 Å². The molecule has 2 aromatic rings. The van der Waals surface area contributed by atoms with Crippen molar-refractivity contribution in [2.24, 2.45) is 4.99 Å². The second-order valence-corrected chi connectivity index (χ2v) is 6.31. The molecule has 1 saturated heterocycles. The molecule has 4 rings (SSSR count). The molecule has 0 radical (unpaired) electrons. The van der Waals surface area contributed by atoms with Gasteiger partial charge in [0, 0.05) is 32.6 Å². The zero-order valence-electron chi connectivity index (χ0n) is 14.3. The van der Waals surface area contributed by atoms with Crippen LogP contribution in [0.3, 0.4) is 0 Å². The number of amidine groups is 1. The van der Waals surface area contributed by atoms with Gasteiger partial charge >= 0.3 is 0 Å². The second-order valence-electron chi connectivity index (χ2n) is 6.31. The van der Waals surface area contributed by atoms with Gasteiger partial charge in [0.25, 0.3) is 0 Å². The quantitative estimate of drug-likeness (QED) is 0.846. The molecule has 2 heterocycles. The van der Waals surface area contributed by atoms with Crippen LogP contribution in [0.5, 0.6) is 5.75 Å². The molecule has 1 fully saturated rings. The number of aliphatic imine (C=N–C) groups is 1. The molecule has 0 bridgehead atoms. The van der Waals surface area contributed by atoms with Crippen LogP contribution in [0.25, 0.3) is 0 Å². The predicted molar refractivity (Wildman–Crippen MR) is 99.0 cm³/mol. The van der Waals surface area contributed by atoms with Gasteiger partial charge in [-0.3, -0.25) is 4.79 Å². The summed E-state index contributed by atoms with van der Waals surface area (Å²) in [4.78, 5) is 21.6. The molecule has 0 aromatic heterocycles. The smallest absolute Gasteiger partial charge is 0.202 e. The van der Waals surface area contributed by atoms with E-state index >= 15 is 0 Å². The fraction of sp³-hybridized carbons (Fsp3) is 0.300. The van der Waals surface area contributed by atoms with E-state index in [1.54, 1.807) is 7.11 Å². The number of carbonyl (C=O) groups excluding carboxylic acids is 1. The Balaban J connectivity index is 1.51. The first-order valence-electron chi connectivity index (χ1n) is 8.59. The highest BCUT2D eigenvalue weighted by molar-refractivity contribution is 6.40. The Morgan fingerprint density at radius 2 is 1.60 bits per heavy atom. The minimum Gasteiger partial charge on any atom is -0.495 e. The Bertz CT molecular complexity index is 823. The maximum Gasteiger partial charge on any atom is 0.202 e. The zero-order valence-corrected chi connectivity index (χ0v) is 14.3. The highest BCUT2D eigenvalue weighted by atomic mass is 16.5. The number of hydrogen-bond donors (Lipinski definition) is 0. The molecule has 5 heteroatoms. The lowest BCUT2D eigenvalue weighted by Crippen LogP contribution is -2.51. The van der Waals surface area contributed by atoms with Crippen LogP contribution in [0.15, 0.2) is 53.5 Å². The number of benzene rings is 2. The average Bonchev–Trinajstić information content (AvgIpc) is 2.67. The number of ketones is 1. The van der Waals surface area contributed by atoms with Crippen molar-refractivity contribution in [1.29, 1.82) is 0 Å². The number of hydrogen-bond acceptors (Lipinski definition) is 5. The van der Waals surface area contributed by atoms with Gasteiger partial charge in [-0.1, -0.05) is 30.3 Å². The molecule has 0 aliphatic carbocycles. The number of anilines is 1. The van der Waals surface area contributed by atoms with E-state index in [0.717, 1.165) is 48.9 Å². The highest BCUT2D eigenvalue weighted by Crippen LogP contribution is 2.29. The van der Waals surface area contributed by atoms with Crippen molar-refractivity contribution in [3.05, 3.63) is 54.1 Å². The number of carbonyl (C=O) groups is 1. The Kier molecular flexibility index (Phi) is 4.14. The van der Waals surface area contributed by atoms with Crippen molar-refractivity contribution in [2.45, 2.75) is 6.42 Å². The maximum absolute atomic E-state index is 12.5. The maximum atomic E-state index is 12.5. The first kappa shape index (κ1) is 15.7. The van der Waals surface area contributed by atoms with E-state index in [2.05, 4.69) is 20.9 Å². The number of rotatable bonds is 2. The van der Waals surface area contributed by atoms with Crippen LogP contribution >= 0.6 is 0 Å². The van der Waals surface area contributed by atoms with Crippen LogP contribution in [-0.2, 0) is 11.2 Å². The van der Waals surface area contributed by atoms with Gasteiger partial charge in [-0.05, 0) is 23.8 Å². The Morgan fingerprint density at radius 1 is 0.920 bits per heavy atom. The number of piperazine rings is 1. The number of fused-ring (bicyclic) bond motifs is 1. The van der Waals surface area contributed by atoms with Gasteiger partial charge in [0.1, 0.15) is 5.75 Å². The summed E-state index contributed by atoms with van der Waals surface area (Å²) in [6.45, 7) is 3.25. The van der Waals surface area contributed by atoms with Gasteiger partial charge in [-0.15, -0.1) is 0 Å². The molecule has 0 unspecified atom stereocenters. The summed E-state index contributed by atoms with van der Waals surface area (Å²) in [5.74, 6) is 1.61. The lowest BCUT2D eigenvalue weighted by Gasteiger charge is -2.38. The summed E-state index contributed by atoms with van der Waals surface area (Å²) in [5.41, 5.74) is 3.04. The van der Waals surface area contributed by atoms with Crippen molar-refractivity contribution in [3.63, 3.8) is 0 Å². The van der Waals surface area contributed by atoms with Crippen molar-refractivity contribution in [3.8, 4) is 5.75 Å². The number of nitrogens with zero attached hydrogens (tertiary/aromatic N) is 3. The van der Waals surface area contributed by atoms with Crippen molar-refractivity contribution >= 4 is 23.0 Å². The minimum atomic E-state index is 0.115. The van der Waals surface area contributed by atoms with Crippen molar-refractivity contribution in [1.82, 2.24) is 4.90 Å². The van der Waals surface area contributed by atoms with E-state index in [0.29, 0.717) is 12.3 Å². The summed E-state index contributed by atoms with van der Waals surface area (Å²) < 4.78 is 5.46.